The summed E-state index contributed by atoms with van der Waals surface area (Å²) in [5, 5.41) is 7.46. The van der Waals surface area contributed by atoms with Gasteiger partial charge in [0.05, 0.1) is 0 Å². The summed E-state index contributed by atoms with van der Waals surface area (Å²) < 4.78 is 0. The molecular weight excluding hydrogens is 106 g/mol. The van der Waals surface area contributed by atoms with Crippen LogP contribution in [0.2, 0.25) is 0 Å². The van der Waals surface area contributed by atoms with E-state index in [0.29, 0.717) is 0 Å². The van der Waals surface area contributed by atoms with Gasteiger partial charge in [0.1, 0.15) is 0 Å². The van der Waals surface area contributed by atoms with Crippen LogP contribution in [-0.2, 0) is 4.79 Å². The van der Waals surface area contributed by atoms with Gasteiger partial charge in [-0.1, -0.05) is 6.58 Å². The average Bonchev–Trinajstić information content (AvgIpc) is 1.69. The average molecular weight is 116 g/mol. The molecule has 0 rings (SSSR count). The summed E-state index contributed by atoms with van der Waals surface area (Å²) in [5.41, 5.74) is 4.53. The highest BCUT2D eigenvalue weighted by Crippen LogP contribution is 1.48. The van der Waals surface area contributed by atoms with Gasteiger partial charge in [-0.15, -0.1) is 0 Å². The fourth-order valence-corrected chi connectivity index (χ4v) is 0. The second kappa shape index (κ2) is 9.48. The number of carbonyl (C=O) groups excluding carboxylic acids is 1. The fourth-order valence-electron chi connectivity index (χ4n) is 0. The van der Waals surface area contributed by atoms with E-state index in [1.807, 2.05) is 0 Å². The van der Waals surface area contributed by atoms with Crippen molar-refractivity contribution < 1.29 is 9.90 Å². The Morgan fingerprint density at radius 2 is 2.00 bits per heavy atom. The van der Waals surface area contributed by atoms with Crippen LogP contribution in [0.1, 0.15) is 0 Å². The van der Waals surface area contributed by atoms with Crippen LogP contribution in [0.3, 0.4) is 0 Å². The van der Waals surface area contributed by atoms with Crippen molar-refractivity contribution in [2.75, 3.05) is 6.61 Å². The first-order chi connectivity index (χ1) is 3.68. The molecule has 0 bridgehead atoms. The molecule has 0 spiro atoms. The summed E-state index contributed by atoms with van der Waals surface area (Å²) in [5.74, 6) is -0.481. The molecule has 0 aliphatic heterocycles. The minimum absolute atomic E-state index is 0. The molecule has 0 aliphatic carbocycles. The molecule has 0 atom stereocenters. The molecule has 0 aromatic rings. The lowest BCUT2D eigenvalue weighted by Crippen LogP contribution is -2.04. The highest BCUT2D eigenvalue weighted by atomic mass is 16.2. The molecule has 3 heteroatoms. The third kappa shape index (κ3) is 65.7. The summed E-state index contributed by atoms with van der Waals surface area (Å²) in [6.45, 7) is 6.13. The van der Waals surface area contributed by atoms with Crippen LogP contribution in [-0.4, -0.2) is 17.6 Å². The Bertz CT molecular complexity index is 70.8. The maximum absolute atomic E-state index is 9.47. The zero-order valence-electron chi connectivity index (χ0n) is 4.63. The molecule has 1 amide bonds. The third-order valence-electron chi connectivity index (χ3n) is 0.201. The highest BCUT2D eigenvalue weighted by molar-refractivity contribution is 5.84. The number of aliphatic hydroxyl groups excluding tert-OH is 1. The zero-order valence-corrected chi connectivity index (χ0v) is 4.63. The van der Waals surface area contributed by atoms with Gasteiger partial charge in [-0.25, -0.2) is 0 Å². The molecule has 0 aliphatic rings. The molecule has 8 heavy (non-hydrogen) atoms. The lowest BCUT2D eigenvalue weighted by molar-refractivity contribution is -0.113. The van der Waals surface area contributed by atoms with Gasteiger partial charge in [0.15, 0.2) is 0 Å². The van der Waals surface area contributed by atoms with Gasteiger partial charge in [0.2, 0.25) is 5.91 Å². The summed E-state index contributed by atoms with van der Waals surface area (Å²) >= 11 is 0. The van der Waals surface area contributed by atoms with Crippen LogP contribution in [0.25, 0.3) is 0 Å². The van der Waals surface area contributed by atoms with E-state index < -0.39 is 5.91 Å². The van der Waals surface area contributed by atoms with Crippen molar-refractivity contribution in [3.05, 3.63) is 19.6 Å². The molecule has 0 fully saturated rings. The van der Waals surface area contributed by atoms with Gasteiger partial charge >= 0.3 is 0 Å². The van der Waals surface area contributed by atoms with Crippen molar-refractivity contribution in [2.24, 2.45) is 5.73 Å². The van der Waals surface area contributed by atoms with Crippen molar-refractivity contribution in [3.8, 4) is 0 Å². The first-order valence-electron chi connectivity index (χ1n) is 2.01. The third-order valence-corrected chi connectivity index (χ3v) is 0.201. The van der Waals surface area contributed by atoms with Crippen LogP contribution in [0.5, 0.6) is 0 Å². The van der Waals surface area contributed by atoms with E-state index in [2.05, 4.69) is 19.2 Å². The second-order valence-corrected chi connectivity index (χ2v) is 0.830. The Balaban J connectivity index is 0. The lowest BCUT2D eigenvalue weighted by Gasteiger charge is -1.65. The second-order valence-electron chi connectivity index (χ2n) is 0.830. The fraction of sp³-hybridized carbons (Fsp3) is 0.200. The number of hydrogen-bond acceptors (Lipinski definition) is 2. The molecule has 0 saturated heterocycles. The molecule has 0 unspecified atom stereocenters. The number of carbonyl (C=O) groups is 1. The van der Waals surface area contributed by atoms with E-state index in [0.717, 1.165) is 6.08 Å². The summed E-state index contributed by atoms with van der Waals surface area (Å²) in [6.07, 6.45) is 1.06. The standard InChI is InChI=1S/C3H5NO.C2H5O/c1-2-3(4)5;1-2-3/h2H,1H2,(H2,4,5);3H,1-2H2. The molecule has 1 radical (unpaired) electrons. The number of hydrogen-bond donors (Lipinski definition) is 2. The zero-order chi connectivity index (χ0) is 6.99. The number of primary amides is 1. The Labute approximate surface area is 48.8 Å². The normalized spacial score (nSPS) is 6.25. The van der Waals surface area contributed by atoms with E-state index in [1.165, 1.54) is 0 Å². The van der Waals surface area contributed by atoms with E-state index in [4.69, 9.17) is 5.11 Å². The number of amides is 1. The van der Waals surface area contributed by atoms with Crippen LogP contribution >= 0.6 is 0 Å². The van der Waals surface area contributed by atoms with Crippen LogP contribution < -0.4 is 5.73 Å². The van der Waals surface area contributed by atoms with Gasteiger partial charge in [0, 0.05) is 6.61 Å². The molecule has 0 saturated carbocycles. The first kappa shape index (κ1) is 10.2. The number of nitrogens with two attached hydrogens (primary N) is 1. The summed E-state index contributed by atoms with van der Waals surface area (Å²) in [7, 11) is 0. The van der Waals surface area contributed by atoms with Gasteiger partial charge in [-0.05, 0) is 13.0 Å². The summed E-state index contributed by atoms with van der Waals surface area (Å²) in [4.78, 5) is 9.47. The summed E-state index contributed by atoms with van der Waals surface area (Å²) in [6, 6.07) is 0. The SMILES string of the molecule is C=CC(N)=O.[CH2]CO. The van der Waals surface area contributed by atoms with Gasteiger partial charge in [-0.3, -0.25) is 4.79 Å². The molecule has 3 nitrogen and oxygen atoms in total. The lowest BCUT2D eigenvalue weighted by atomic mass is 10.6. The van der Waals surface area contributed by atoms with Gasteiger partial charge < -0.3 is 10.8 Å². The maximum atomic E-state index is 9.47. The predicted octanol–water partition coefficient (Wildman–Crippen LogP) is -0.530. The van der Waals surface area contributed by atoms with Crippen LogP contribution in [0.15, 0.2) is 12.7 Å². The molecule has 3 N–H and O–H groups in total. The van der Waals surface area contributed by atoms with E-state index >= 15 is 0 Å². The van der Waals surface area contributed by atoms with Crippen LogP contribution in [0, 0.1) is 6.92 Å². The van der Waals surface area contributed by atoms with Crippen molar-refractivity contribution in [1.29, 1.82) is 0 Å². The monoisotopic (exact) mass is 116 g/mol. The molecule has 47 valence electrons. The Kier molecular flexibility index (Phi) is 12.1. The Morgan fingerprint density at radius 3 is 2.00 bits per heavy atom. The van der Waals surface area contributed by atoms with E-state index in [1.54, 1.807) is 0 Å². The predicted molar refractivity (Wildman–Crippen MR) is 31.8 cm³/mol. The van der Waals surface area contributed by atoms with Crippen molar-refractivity contribution in [3.63, 3.8) is 0 Å². The van der Waals surface area contributed by atoms with E-state index in [-0.39, 0.29) is 6.61 Å². The van der Waals surface area contributed by atoms with Crippen LogP contribution in [0.4, 0.5) is 0 Å². The van der Waals surface area contributed by atoms with Gasteiger partial charge in [0.25, 0.3) is 0 Å². The quantitative estimate of drug-likeness (QED) is 0.452. The molecular formula is C5H10NO2. The largest absolute Gasteiger partial charge is 0.396 e. The smallest absolute Gasteiger partial charge is 0.240 e. The Hall–Kier alpha value is -0.830. The van der Waals surface area contributed by atoms with Crippen molar-refractivity contribution >= 4 is 5.91 Å². The topological polar surface area (TPSA) is 63.3 Å². The minimum Gasteiger partial charge on any atom is -0.396 e. The first-order valence-corrected chi connectivity index (χ1v) is 2.01. The number of rotatable bonds is 1. The minimum atomic E-state index is -0.481. The number of aliphatic hydroxyl groups is 1. The molecule has 0 heterocycles. The van der Waals surface area contributed by atoms with Gasteiger partial charge in [-0.2, -0.15) is 0 Å². The molecule has 0 aromatic heterocycles. The maximum Gasteiger partial charge on any atom is 0.240 e. The van der Waals surface area contributed by atoms with Crippen molar-refractivity contribution in [2.45, 2.75) is 0 Å². The van der Waals surface area contributed by atoms with E-state index in [9.17, 15) is 4.79 Å². The van der Waals surface area contributed by atoms with Crippen molar-refractivity contribution in [1.82, 2.24) is 0 Å². The Morgan fingerprint density at radius 1 is 1.88 bits per heavy atom. The highest BCUT2D eigenvalue weighted by Gasteiger charge is 1.69. The molecule has 0 aromatic carbocycles.